The molecule has 3 nitrogen and oxygen atoms in total. The van der Waals surface area contributed by atoms with Gasteiger partial charge in [-0.1, -0.05) is 10.6 Å². The molecule has 13 heavy (non-hydrogen) atoms. The molecule has 0 aliphatic carbocycles. The van der Waals surface area contributed by atoms with Gasteiger partial charge in [0.15, 0.2) is 0 Å². The Morgan fingerprint density at radius 3 is 2.69 bits per heavy atom. The summed E-state index contributed by atoms with van der Waals surface area (Å²) >= 11 is 2.83. The van der Waals surface area contributed by atoms with Crippen LogP contribution in [0.2, 0.25) is 0 Å². The normalized spacial score (nSPS) is 8.62. The van der Waals surface area contributed by atoms with Crippen molar-refractivity contribution in [1.29, 1.82) is 0 Å². The summed E-state index contributed by atoms with van der Waals surface area (Å²) in [5.41, 5.74) is 1.12. The van der Waals surface area contributed by atoms with Crippen LogP contribution in [0.5, 0.6) is 0 Å². The zero-order valence-corrected chi connectivity index (χ0v) is 8.59. The first kappa shape index (κ1) is 10.0. The van der Waals surface area contributed by atoms with E-state index in [1.165, 1.54) is 23.1 Å². The second-order valence-electron chi connectivity index (χ2n) is 2.07. The molecule has 0 radical (unpaired) electrons. The Kier molecular flexibility index (Phi) is 4.97. The fraction of sp³-hybridized carbons (Fsp3) is 0.125. The van der Waals surface area contributed by atoms with Crippen LogP contribution in [0.4, 0.5) is 0 Å². The topological polar surface area (TPSA) is 38.7 Å². The molecule has 68 valence electrons. The van der Waals surface area contributed by atoms with Crippen molar-refractivity contribution in [2.75, 3.05) is 0 Å². The number of hydrogen-bond acceptors (Lipinski definition) is 5. The molecule has 0 aliphatic rings. The van der Waals surface area contributed by atoms with Gasteiger partial charge in [0.2, 0.25) is 0 Å². The Labute approximate surface area is 85.1 Å². The van der Waals surface area contributed by atoms with Crippen molar-refractivity contribution in [3.63, 3.8) is 0 Å². The zero-order chi connectivity index (χ0) is 9.36. The van der Waals surface area contributed by atoms with E-state index < -0.39 is 0 Å². The molecule has 0 aromatic carbocycles. The van der Waals surface area contributed by atoms with Crippen molar-refractivity contribution in [3.05, 3.63) is 41.4 Å². The standard InChI is InChI=1S/C6H7NS.C2H2N2S/c1-2-3-6-4-5-8-7-6;1-2-5-4-3-1/h2,4-5H,1,3H2;1-2H. The first-order valence-corrected chi connectivity index (χ1v) is 5.32. The van der Waals surface area contributed by atoms with Gasteiger partial charge < -0.3 is 0 Å². The third-order valence-corrected chi connectivity index (χ3v) is 2.16. The predicted molar refractivity (Wildman–Crippen MR) is 55.9 cm³/mol. The van der Waals surface area contributed by atoms with Crippen LogP contribution in [0, 0.1) is 0 Å². The largest absolute Gasteiger partial charge is 0.197 e. The third kappa shape index (κ3) is 4.49. The molecule has 2 aromatic heterocycles. The summed E-state index contributed by atoms with van der Waals surface area (Å²) in [5, 5.41) is 7.28. The highest BCUT2D eigenvalue weighted by atomic mass is 32.1. The smallest absolute Gasteiger partial charge is 0.0620 e. The second kappa shape index (κ2) is 6.45. The molecule has 5 heteroatoms. The molecule has 2 aromatic rings. The van der Waals surface area contributed by atoms with E-state index in [1.807, 2.05) is 22.9 Å². The molecule has 2 heterocycles. The molecule has 0 amide bonds. The fourth-order valence-electron chi connectivity index (χ4n) is 0.627. The first-order chi connectivity index (χ1) is 6.43. The van der Waals surface area contributed by atoms with E-state index >= 15 is 0 Å². The van der Waals surface area contributed by atoms with Gasteiger partial charge in [0.25, 0.3) is 0 Å². The van der Waals surface area contributed by atoms with E-state index in [2.05, 4.69) is 20.5 Å². The molecule has 0 bridgehead atoms. The zero-order valence-electron chi connectivity index (χ0n) is 6.96. The van der Waals surface area contributed by atoms with E-state index in [-0.39, 0.29) is 0 Å². The molecule has 0 atom stereocenters. The van der Waals surface area contributed by atoms with Gasteiger partial charge in [0.1, 0.15) is 0 Å². The number of aromatic nitrogens is 3. The van der Waals surface area contributed by atoms with Crippen LogP contribution in [-0.4, -0.2) is 14.0 Å². The molecule has 0 N–H and O–H groups in total. The Morgan fingerprint density at radius 2 is 2.31 bits per heavy atom. The summed E-state index contributed by atoms with van der Waals surface area (Å²) in [5.74, 6) is 0. The Balaban J connectivity index is 0.000000145. The minimum atomic E-state index is 0.892. The van der Waals surface area contributed by atoms with Crippen LogP contribution >= 0.6 is 23.1 Å². The van der Waals surface area contributed by atoms with Crippen LogP contribution in [0.25, 0.3) is 0 Å². The molecular weight excluding hydrogens is 202 g/mol. The van der Waals surface area contributed by atoms with E-state index in [0.29, 0.717) is 0 Å². The number of rotatable bonds is 2. The average Bonchev–Trinajstić information content (AvgIpc) is 2.79. The highest BCUT2D eigenvalue weighted by molar-refractivity contribution is 7.03. The Hall–Kier alpha value is -1.07. The summed E-state index contributed by atoms with van der Waals surface area (Å²) in [6, 6.07) is 2.01. The van der Waals surface area contributed by atoms with Gasteiger partial charge in [0, 0.05) is 17.2 Å². The second-order valence-corrected chi connectivity index (χ2v) is 3.38. The average molecular weight is 211 g/mol. The quantitative estimate of drug-likeness (QED) is 0.716. The maximum absolute atomic E-state index is 4.08. The third-order valence-electron chi connectivity index (χ3n) is 1.13. The summed E-state index contributed by atoms with van der Waals surface area (Å²) < 4.78 is 7.59. The highest BCUT2D eigenvalue weighted by Gasteiger charge is 1.86. The maximum Gasteiger partial charge on any atom is 0.0620 e. The lowest BCUT2D eigenvalue weighted by Crippen LogP contribution is -1.74. The minimum absolute atomic E-state index is 0.892. The number of allylic oxidation sites excluding steroid dienone is 1. The van der Waals surface area contributed by atoms with Crippen molar-refractivity contribution in [2.45, 2.75) is 6.42 Å². The van der Waals surface area contributed by atoms with Crippen molar-refractivity contribution >= 4 is 23.1 Å². The van der Waals surface area contributed by atoms with Crippen molar-refractivity contribution in [2.24, 2.45) is 0 Å². The summed E-state index contributed by atoms with van der Waals surface area (Å²) in [7, 11) is 0. The van der Waals surface area contributed by atoms with Crippen LogP contribution in [0.15, 0.2) is 35.7 Å². The fourth-order valence-corrected chi connectivity index (χ4v) is 1.45. The molecule has 0 aliphatic heterocycles. The van der Waals surface area contributed by atoms with E-state index in [4.69, 9.17) is 0 Å². The lowest BCUT2D eigenvalue weighted by atomic mass is 10.3. The molecule has 0 saturated carbocycles. The van der Waals surface area contributed by atoms with Crippen LogP contribution in [0.3, 0.4) is 0 Å². The van der Waals surface area contributed by atoms with Crippen molar-refractivity contribution < 1.29 is 0 Å². The number of hydrogen-bond donors (Lipinski definition) is 0. The molecule has 0 saturated heterocycles. The molecule has 0 fully saturated rings. The highest BCUT2D eigenvalue weighted by Crippen LogP contribution is 1.99. The van der Waals surface area contributed by atoms with Gasteiger partial charge in [-0.2, -0.15) is 4.37 Å². The minimum Gasteiger partial charge on any atom is -0.197 e. The Morgan fingerprint density at radius 1 is 1.38 bits per heavy atom. The molecule has 0 unspecified atom stereocenters. The molecule has 2 rings (SSSR count). The van der Waals surface area contributed by atoms with Crippen molar-refractivity contribution in [1.82, 2.24) is 14.0 Å². The van der Waals surface area contributed by atoms with Gasteiger partial charge in [-0.25, -0.2) is 0 Å². The van der Waals surface area contributed by atoms with Gasteiger partial charge in [0.05, 0.1) is 11.9 Å². The number of nitrogens with zero attached hydrogens (tertiary/aromatic N) is 3. The summed E-state index contributed by atoms with van der Waals surface area (Å²) in [4.78, 5) is 0. The van der Waals surface area contributed by atoms with Gasteiger partial charge in [-0.3, -0.25) is 0 Å². The predicted octanol–water partition coefficient (Wildman–Crippen LogP) is 2.41. The molecule has 0 spiro atoms. The van der Waals surface area contributed by atoms with Crippen LogP contribution < -0.4 is 0 Å². The monoisotopic (exact) mass is 211 g/mol. The summed E-state index contributed by atoms with van der Waals surface area (Å²) in [6.45, 7) is 3.60. The van der Waals surface area contributed by atoms with E-state index in [1.54, 1.807) is 6.20 Å². The maximum atomic E-state index is 4.08. The van der Waals surface area contributed by atoms with Gasteiger partial charge >= 0.3 is 0 Å². The van der Waals surface area contributed by atoms with E-state index in [0.717, 1.165) is 12.1 Å². The summed E-state index contributed by atoms with van der Waals surface area (Å²) in [6.07, 6.45) is 4.41. The van der Waals surface area contributed by atoms with Crippen LogP contribution in [0.1, 0.15) is 5.69 Å². The molecular formula is C8H9N3S2. The van der Waals surface area contributed by atoms with Gasteiger partial charge in [-0.05, 0) is 29.1 Å². The van der Waals surface area contributed by atoms with Gasteiger partial charge in [-0.15, -0.1) is 11.7 Å². The lowest BCUT2D eigenvalue weighted by Gasteiger charge is -1.79. The van der Waals surface area contributed by atoms with Crippen LogP contribution in [-0.2, 0) is 6.42 Å². The van der Waals surface area contributed by atoms with E-state index in [9.17, 15) is 0 Å². The lowest BCUT2D eigenvalue weighted by molar-refractivity contribution is 1.16. The van der Waals surface area contributed by atoms with Crippen molar-refractivity contribution in [3.8, 4) is 0 Å². The Bertz CT molecular complexity index is 285. The first-order valence-electron chi connectivity index (χ1n) is 3.64. The SMILES string of the molecule is C=CCc1ccsn1.c1csnn1.